The highest BCUT2D eigenvalue weighted by atomic mass is 35.5. The van der Waals surface area contributed by atoms with Crippen molar-refractivity contribution < 1.29 is 4.79 Å². The Morgan fingerprint density at radius 1 is 1.60 bits per heavy atom. The molecule has 1 aliphatic rings. The summed E-state index contributed by atoms with van der Waals surface area (Å²) in [6.07, 6.45) is 1.17. The molecule has 3 N–H and O–H groups in total. The average molecular weight is 341 g/mol. The van der Waals surface area contributed by atoms with Crippen molar-refractivity contribution in [1.29, 1.82) is 0 Å². The second-order valence-corrected chi connectivity index (χ2v) is 5.53. The summed E-state index contributed by atoms with van der Waals surface area (Å²) >= 11 is 1.43. The number of rotatable bonds is 5. The summed E-state index contributed by atoms with van der Waals surface area (Å²) in [6.45, 7) is 6.63. The van der Waals surface area contributed by atoms with Crippen LogP contribution in [0.15, 0.2) is 5.38 Å². The SMILES string of the molecule is CCN1CCC(CNC(=O)c2csc(CN)n2)C1.Cl.Cl. The normalized spacial score (nSPS) is 18.2. The molecule has 2 heterocycles. The first-order chi connectivity index (χ1) is 8.72. The van der Waals surface area contributed by atoms with Crippen LogP contribution in [0.2, 0.25) is 0 Å². The first-order valence-electron chi connectivity index (χ1n) is 6.38. The van der Waals surface area contributed by atoms with E-state index in [1.54, 1.807) is 5.38 Å². The molecule has 1 unspecified atom stereocenters. The van der Waals surface area contributed by atoms with Gasteiger partial charge in [0.15, 0.2) is 0 Å². The molecule has 1 atom stereocenters. The number of nitrogens with two attached hydrogens (primary N) is 1. The van der Waals surface area contributed by atoms with E-state index in [-0.39, 0.29) is 30.7 Å². The van der Waals surface area contributed by atoms with E-state index in [0.29, 0.717) is 18.2 Å². The number of aromatic nitrogens is 1. The van der Waals surface area contributed by atoms with E-state index in [0.717, 1.165) is 31.2 Å². The van der Waals surface area contributed by atoms with E-state index in [2.05, 4.69) is 22.1 Å². The fraction of sp³-hybridized carbons (Fsp3) is 0.667. The average Bonchev–Trinajstić information content (AvgIpc) is 3.04. The molecule has 1 aliphatic heterocycles. The second-order valence-electron chi connectivity index (χ2n) is 4.59. The van der Waals surface area contributed by atoms with Gasteiger partial charge in [-0.2, -0.15) is 0 Å². The Morgan fingerprint density at radius 2 is 2.35 bits per heavy atom. The van der Waals surface area contributed by atoms with Crippen molar-refractivity contribution in [2.24, 2.45) is 11.7 Å². The molecule has 0 radical (unpaired) electrons. The number of nitrogens with zero attached hydrogens (tertiary/aromatic N) is 2. The molecule has 0 aromatic carbocycles. The smallest absolute Gasteiger partial charge is 0.270 e. The van der Waals surface area contributed by atoms with E-state index in [4.69, 9.17) is 5.73 Å². The minimum Gasteiger partial charge on any atom is -0.350 e. The fourth-order valence-electron chi connectivity index (χ4n) is 2.20. The third-order valence-corrected chi connectivity index (χ3v) is 4.20. The van der Waals surface area contributed by atoms with Gasteiger partial charge in [0.2, 0.25) is 0 Å². The van der Waals surface area contributed by atoms with Crippen LogP contribution in [0.4, 0.5) is 0 Å². The van der Waals surface area contributed by atoms with E-state index < -0.39 is 0 Å². The van der Waals surface area contributed by atoms with Gasteiger partial charge in [-0.1, -0.05) is 6.92 Å². The van der Waals surface area contributed by atoms with Crippen molar-refractivity contribution in [1.82, 2.24) is 15.2 Å². The van der Waals surface area contributed by atoms with Crippen molar-refractivity contribution in [3.05, 3.63) is 16.1 Å². The molecule has 1 aromatic rings. The van der Waals surface area contributed by atoms with Gasteiger partial charge >= 0.3 is 0 Å². The van der Waals surface area contributed by atoms with Gasteiger partial charge in [-0.3, -0.25) is 4.79 Å². The lowest BCUT2D eigenvalue weighted by molar-refractivity contribution is 0.0943. The number of carbonyl (C=O) groups is 1. The molecule has 0 spiro atoms. The Balaban J connectivity index is 0.00000180. The fourth-order valence-corrected chi connectivity index (χ4v) is 2.86. The van der Waals surface area contributed by atoms with Crippen LogP contribution in [-0.2, 0) is 6.54 Å². The highest BCUT2D eigenvalue weighted by Gasteiger charge is 2.21. The highest BCUT2D eigenvalue weighted by Crippen LogP contribution is 2.15. The van der Waals surface area contributed by atoms with Crippen LogP contribution in [0, 0.1) is 5.92 Å². The summed E-state index contributed by atoms with van der Waals surface area (Å²) in [4.78, 5) is 18.4. The first kappa shape index (κ1) is 19.6. The molecule has 116 valence electrons. The number of halogens is 2. The number of carbonyl (C=O) groups excluding carboxylic acids is 1. The second kappa shape index (κ2) is 9.52. The van der Waals surface area contributed by atoms with Crippen LogP contribution in [0.3, 0.4) is 0 Å². The van der Waals surface area contributed by atoms with Crippen molar-refractivity contribution in [2.45, 2.75) is 19.9 Å². The molecular formula is C12H22Cl2N4OS. The van der Waals surface area contributed by atoms with E-state index in [9.17, 15) is 4.79 Å². The number of hydrogen-bond donors (Lipinski definition) is 2. The maximum atomic E-state index is 11.9. The number of hydrogen-bond acceptors (Lipinski definition) is 5. The van der Waals surface area contributed by atoms with Crippen LogP contribution in [0.1, 0.15) is 28.8 Å². The quantitative estimate of drug-likeness (QED) is 0.852. The van der Waals surface area contributed by atoms with Crippen LogP contribution >= 0.6 is 36.2 Å². The zero-order valence-corrected chi connectivity index (χ0v) is 14.0. The minimum absolute atomic E-state index is 0. The van der Waals surface area contributed by atoms with E-state index in [1.807, 2.05) is 0 Å². The van der Waals surface area contributed by atoms with Crippen LogP contribution in [0.25, 0.3) is 0 Å². The molecule has 5 nitrogen and oxygen atoms in total. The summed E-state index contributed by atoms with van der Waals surface area (Å²) in [5, 5.41) is 5.53. The maximum absolute atomic E-state index is 11.9. The monoisotopic (exact) mass is 340 g/mol. The van der Waals surface area contributed by atoms with Crippen molar-refractivity contribution in [3.63, 3.8) is 0 Å². The lowest BCUT2D eigenvalue weighted by atomic mass is 10.1. The van der Waals surface area contributed by atoms with E-state index >= 15 is 0 Å². The maximum Gasteiger partial charge on any atom is 0.270 e. The van der Waals surface area contributed by atoms with Crippen LogP contribution in [-0.4, -0.2) is 42.0 Å². The summed E-state index contributed by atoms with van der Waals surface area (Å²) < 4.78 is 0. The zero-order valence-electron chi connectivity index (χ0n) is 11.5. The molecule has 20 heavy (non-hydrogen) atoms. The third-order valence-electron chi connectivity index (χ3n) is 3.33. The molecular weight excluding hydrogens is 319 g/mol. The van der Waals surface area contributed by atoms with E-state index in [1.165, 1.54) is 17.8 Å². The molecule has 0 saturated carbocycles. The topological polar surface area (TPSA) is 71.2 Å². The van der Waals surface area contributed by atoms with Gasteiger partial charge in [0.25, 0.3) is 5.91 Å². The molecule has 1 saturated heterocycles. The van der Waals surface area contributed by atoms with Gasteiger partial charge in [0.05, 0.1) is 0 Å². The van der Waals surface area contributed by atoms with Crippen molar-refractivity contribution in [3.8, 4) is 0 Å². The van der Waals surface area contributed by atoms with Crippen molar-refractivity contribution in [2.75, 3.05) is 26.2 Å². The van der Waals surface area contributed by atoms with Gasteiger partial charge in [-0.25, -0.2) is 4.98 Å². The number of likely N-dealkylation sites (tertiary alicyclic amines) is 1. The lowest BCUT2D eigenvalue weighted by Crippen LogP contribution is -2.31. The number of amides is 1. The van der Waals surface area contributed by atoms with Crippen LogP contribution < -0.4 is 11.1 Å². The van der Waals surface area contributed by atoms with Gasteiger partial charge in [-0.05, 0) is 25.4 Å². The Hall–Kier alpha value is -0.400. The Kier molecular flexibility index (Phi) is 9.33. The Labute approximate surface area is 136 Å². The van der Waals surface area contributed by atoms with Crippen LogP contribution in [0.5, 0.6) is 0 Å². The number of nitrogens with one attached hydrogen (secondary N) is 1. The lowest BCUT2D eigenvalue weighted by Gasteiger charge is -2.13. The molecule has 1 amide bonds. The van der Waals surface area contributed by atoms with Gasteiger partial charge in [0.1, 0.15) is 10.7 Å². The molecule has 8 heteroatoms. The van der Waals surface area contributed by atoms with Gasteiger partial charge in [-0.15, -0.1) is 36.2 Å². The zero-order chi connectivity index (χ0) is 13.0. The van der Waals surface area contributed by atoms with Gasteiger partial charge in [0, 0.05) is 25.0 Å². The Morgan fingerprint density at radius 3 is 2.90 bits per heavy atom. The largest absolute Gasteiger partial charge is 0.350 e. The summed E-state index contributed by atoms with van der Waals surface area (Å²) in [7, 11) is 0. The number of thiazole rings is 1. The molecule has 0 aliphatic carbocycles. The summed E-state index contributed by atoms with van der Waals surface area (Å²) in [5.74, 6) is 0.488. The molecule has 1 fully saturated rings. The predicted octanol–water partition coefficient (Wildman–Crippen LogP) is 1.52. The minimum atomic E-state index is -0.0825. The Bertz CT molecular complexity index is 416. The summed E-state index contributed by atoms with van der Waals surface area (Å²) in [5.41, 5.74) is 5.97. The predicted molar refractivity (Wildman–Crippen MR) is 87.1 cm³/mol. The molecule has 1 aromatic heterocycles. The first-order valence-corrected chi connectivity index (χ1v) is 7.26. The molecule has 0 bridgehead atoms. The standard InChI is InChI=1S/C12H20N4OS.2ClH/c1-2-16-4-3-9(7-16)6-14-12(17)10-8-18-11(5-13)15-10;;/h8-9H,2-7,13H2,1H3,(H,14,17);2*1H. The third kappa shape index (κ3) is 5.18. The van der Waals surface area contributed by atoms with Gasteiger partial charge < -0.3 is 16.0 Å². The highest BCUT2D eigenvalue weighted by molar-refractivity contribution is 7.09. The summed E-state index contributed by atoms with van der Waals surface area (Å²) in [6, 6.07) is 0. The molecule has 2 rings (SSSR count). The van der Waals surface area contributed by atoms with Crippen molar-refractivity contribution >= 4 is 42.1 Å².